The average Bonchev–Trinajstić information content (AvgIpc) is 2.46. The molecular formula is C14H19BrN2O2. The van der Waals surface area contributed by atoms with Gasteiger partial charge in [0.2, 0.25) is 0 Å². The molecule has 5 heteroatoms. The van der Waals surface area contributed by atoms with Crippen LogP contribution in [0.25, 0.3) is 0 Å². The lowest BCUT2D eigenvalue weighted by molar-refractivity contribution is 0.171. The predicted molar refractivity (Wildman–Crippen MR) is 79.2 cm³/mol. The molecule has 3 rings (SSSR count). The van der Waals surface area contributed by atoms with E-state index in [0.717, 1.165) is 41.3 Å². The lowest BCUT2D eigenvalue weighted by atomic mass is 10.00. The van der Waals surface area contributed by atoms with E-state index in [1.54, 1.807) is 0 Å². The quantitative estimate of drug-likeness (QED) is 0.896. The number of ether oxygens (including phenoxy) is 2. The van der Waals surface area contributed by atoms with Crippen molar-refractivity contribution in [2.75, 3.05) is 38.2 Å². The molecule has 104 valence electrons. The van der Waals surface area contributed by atoms with Gasteiger partial charge in [0.1, 0.15) is 13.2 Å². The first kappa shape index (κ1) is 13.1. The first-order valence-electron chi connectivity index (χ1n) is 6.86. The van der Waals surface area contributed by atoms with Crippen molar-refractivity contribution < 1.29 is 9.47 Å². The Kier molecular flexibility index (Phi) is 4.13. The third-order valence-electron chi connectivity index (χ3n) is 3.61. The second kappa shape index (κ2) is 6.01. The van der Waals surface area contributed by atoms with Gasteiger partial charge >= 0.3 is 0 Å². The van der Waals surface area contributed by atoms with Crippen LogP contribution in [0.3, 0.4) is 0 Å². The van der Waals surface area contributed by atoms with Crippen LogP contribution in [0.15, 0.2) is 16.6 Å². The van der Waals surface area contributed by atoms with Gasteiger partial charge in [-0.1, -0.05) is 0 Å². The van der Waals surface area contributed by atoms with Crippen molar-refractivity contribution >= 4 is 21.6 Å². The Balaban J connectivity index is 1.66. The summed E-state index contributed by atoms with van der Waals surface area (Å²) < 4.78 is 12.2. The zero-order valence-corrected chi connectivity index (χ0v) is 12.5. The van der Waals surface area contributed by atoms with E-state index in [1.807, 2.05) is 12.1 Å². The highest BCUT2D eigenvalue weighted by Gasteiger charge is 2.16. The number of hydrogen-bond donors (Lipinski definition) is 2. The van der Waals surface area contributed by atoms with Crippen LogP contribution in [0, 0.1) is 5.92 Å². The van der Waals surface area contributed by atoms with E-state index < -0.39 is 0 Å². The van der Waals surface area contributed by atoms with Gasteiger partial charge in [0, 0.05) is 23.2 Å². The smallest absolute Gasteiger partial charge is 0.163 e. The molecule has 1 fully saturated rings. The molecule has 0 aromatic heterocycles. The fraction of sp³-hybridized carbons (Fsp3) is 0.571. The van der Waals surface area contributed by atoms with E-state index >= 15 is 0 Å². The number of fused-ring (bicyclic) bond motifs is 1. The Morgan fingerprint density at radius 2 is 2.05 bits per heavy atom. The third kappa shape index (κ3) is 3.15. The lowest BCUT2D eigenvalue weighted by Gasteiger charge is -2.24. The van der Waals surface area contributed by atoms with Crippen molar-refractivity contribution in [1.29, 1.82) is 0 Å². The lowest BCUT2D eigenvalue weighted by Crippen LogP contribution is -2.33. The normalized spacial score (nSPS) is 22.1. The minimum absolute atomic E-state index is 0.625. The van der Waals surface area contributed by atoms with Crippen LogP contribution in [0.5, 0.6) is 11.5 Å². The first-order chi connectivity index (χ1) is 9.33. The largest absolute Gasteiger partial charge is 0.486 e. The molecule has 1 unspecified atom stereocenters. The molecule has 0 radical (unpaired) electrons. The fourth-order valence-electron chi connectivity index (χ4n) is 2.55. The average molecular weight is 327 g/mol. The van der Waals surface area contributed by atoms with Crippen molar-refractivity contribution in [3.63, 3.8) is 0 Å². The number of hydrogen-bond acceptors (Lipinski definition) is 4. The Hall–Kier alpha value is -0.940. The number of benzene rings is 1. The van der Waals surface area contributed by atoms with Gasteiger partial charge in [0.25, 0.3) is 0 Å². The molecule has 0 saturated carbocycles. The van der Waals surface area contributed by atoms with Crippen molar-refractivity contribution in [3.8, 4) is 11.5 Å². The molecule has 2 N–H and O–H groups in total. The highest BCUT2D eigenvalue weighted by atomic mass is 79.9. The summed E-state index contributed by atoms with van der Waals surface area (Å²) >= 11 is 3.59. The highest BCUT2D eigenvalue weighted by Crippen LogP contribution is 2.38. The van der Waals surface area contributed by atoms with Crippen LogP contribution >= 0.6 is 15.9 Å². The van der Waals surface area contributed by atoms with Crippen molar-refractivity contribution in [2.45, 2.75) is 12.8 Å². The Bertz CT molecular complexity index is 447. The minimum atomic E-state index is 0.625. The van der Waals surface area contributed by atoms with E-state index in [9.17, 15) is 0 Å². The monoisotopic (exact) mass is 326 g/mol. The molecule has 19 heavy (non-hydrogen) atoms. The molecule has 0 spiro atoms. The van der Waals surface area contributed by atoms with Gasteiger partial charge in [0.15, 0.2) is 11.5 Å². The topological polar surface area (TPSA) is 42.5 Å². The van der Waals surface area contributed by atoms with E-state index in [1.165, 1.54) is 12.8 Å². The van der Waals surface area contributed by atoms with Crippen LogP contribution in [0.1, 0.15) is 12.8 Å². The second-order valence-corrected chi connectivity index (χ2v) is 5.92. The Labute approximate surface area is 122 Å². The fourth-order valence-corrected chi connectivity index (χ4v) is 3.01. The SMILES string of the molecule is Brc1cc2c(cc1NCC1CCCNC1)OCCO2. The zero-order chi connectivity index (χ0) is 13.1. The van der Waals surface area contributed by atoms with Crippen molar-refractivity contribution in [1.82, 2.24) is 5.32 Å². The van der Waals surface area contributed by atoms with E-state index in [0.29, 0.717) is 19.1 Å². The number of rotatable bonds is 3. The molecule has 2 aliphatic rings. The summed E-state index contributed by atoms with van der Waals surface area (Å²) in [6.45, 7) is 4.51. The van der Waals surface area contributed by atoms with Gasteiger partial charge in [-0.05, 0) is 47.8 Å². The maximum atomic E-state index is 5.61. The summed E-state index contributed by atoms with van der Waals surface area (Å²) in [6, 6.07) is 4.00. The molecule has 2 heterocycles. The van der Waals surface area contributed by atoms with Gasteiger partial charge in [0.05, 0.1) is 5.69 Å². The highest BCUT2D eigenvalue weighted by molar-refractivity contribution is 9.10. The van der Waals surface area contributed by atoms with Gasteiger partial charge in [-0.25, -0.2) is 0 Å². The van der Waals surface area contributed by atoms with Crippen LogP contribution < -0.4 is 20.1 Å². The standard InChI is InChI=1S/C14H19BrN2O2/c15-11-6-13-14(19-5-4-18-13)7-12(11)17-9-10-2-1-3-16-8-10/h6-7,10,16-17H,1-5,8-9H2. The summed E-state index contributed by atoms with van der Waals surface area (Å²) in [5.41, 5.74) is 1.08. The van der Waals surface area contributed by atoms with Crippen LogP contribution in [0.4, 0.5) is 5.69 Å². The van der Waals surface area contributed by atoms with E-state index in [4.69, 9.17) is 9.47 Å². The minimum Gasteiger partial charge on any atom is -0.486 e. The summed E-state index contributed by atoms with van der Waals surface area (Å²) in [4.78, 5) is 0. The number of anilines is 1. The molecule has 4 nitrogen and oxygen atoms in total. The van der Waals surface area contributed by atoms with Gasteiger partial charge in [-0.2, -0.15) is 0 Å². The molecular weight excluding hydrogens is 308 g/mol. The van der Waals surface area contributed by atoms with Crippen LogP contribution in [-0.4, -0.2) is 32.8 Å². The second-order valence-electron chi connectivity index (χ2n) is 5.07. The maximum absolute atomic E-state index is 5.61. The van der Waals surface area contributed by atoms with Crippen molar-refractivity contribution in [2.24, 2.45) is 5.92 Å². The number of halogens is 1. The van der Waals surface area contributed by atoms with Gasteiger partial charge in [-0.15, -0.1) is 0 Å². The molecule has 2 aliphatic heterocycles. The summed E-state index contributed by atoms with van der Waals surface area (Å²) in [5, 5.41) is 6.95. The molecule has 1 saturated heterocycles. The third-order valence-corrected chi connectivity index (χ3v) is 4.27. The Morgan fingerprint density at radius 3 is 2.79 bits per heavy atom. The van der Waals surface area contributed by atoms with Crippen molar-refractivity contribution in [3.05, 3.63) is 16.6 Å². The molecule has 1 atom stereocenters. The van der Waals surface area contributed by atoms with Gasteiger partial charge < -0.3 is 20.1 Å². The number of piperidine rings is 1. The summed E-state index contributed by atoms with van der Waals surface area (Å²) in [7, 11) is 0. The molecule has 1 aromatic carbocycles. The molecule has 0 aliphatic carbocycles. The summed E-state index contributed by atoms with van der Waals surface area (Å²) in [5.74, 6) is 2.36. The van der Waals surface area contributed by atoms with E-state index in [-0.39, 0.29) is 0 Å². The van der Waals surface area contributed by atoms with Crippen LogP contribution in [0.2, 0.25) is 0 Å². The van der Waals surface area contributed by atoms with Crippen LogP contribution in [-0.2, 0) is 0 Å². The molecule has 1 aromatic rings. The van der Waals surface area contributed by atoms with E-state index in [2.05, 4.69) is 26.6 Å². The zero-order valence-electron chi connectivity index (χ0n) is 10.9. The van der Waals surface area contributed by atoms with Gasteiger partial charge in [-0.3, -0.25) is 0 Å². The molecule has 0 bridgehead atoms. The predicted octanol–water partition coefficient (Wildman–Crippen LogP) is 2.63. The summed E-state index contributed by atoms with van der Waals surface area (Å²) in [6.07, 6.45) is 2.57. The maximum Gasteiger partial charge on any atom is 0.163 e. The first-order valence-corrected chi connectivity index (χ1v) is 7.66. The Morgan fingerprint density at radius 1 is 1.26 bits per heavy atom. The molecule has 0 amide bonds. The number of nitrogens with one attached hydrogen (secondary N) is 2.